The van der Waals surface area contributed by atoms with E-state index in [0.29, 0.717) is 16.6 Å². The molecule has 0 saturated carbocycles. The molecule has 0 radical (unpaired) electrons. The van der Waals surface area contributed by atoms with E-state index >= 15 is 0 Å². The lowest BCUT2D eigenvalue weighted by Gasteiger charge is -2.17. The number of nitrogen functional groups attached to an aromatic ring is 1. The maximum atomic E-state index is 11.5. The lowest BCUT2D eigenvalue weighted by molar-refractivity contribution is 0.228. The Kier molecular flexibility index (Phi) is 4.53. The average Bonchev–Trinajstić information content (AvgIpc) is 2.57. The van der Waals surface area contributed by atoms with Gasteiger partial charge < -0.3 is 15.5 Å². The van der Waals surface area contributed by atoms with E-state index in [1.807, 2.05) is 31.2 Å². The van der Waals surface area contributed by atoms with Crippen LogP contribution in [0.4, 0.5) is 5.82 Å². The summed E-state index contributed by atoms with van der Waals surface area (Å²) in [5.41, 5.74) is 8.22. The van der Waals surface area contributed by atoms with Crippen molar-refractivity contribution in [3.63, 3.8) is 0 Å². The minimum absolute atomic E-state index is 0.179. The number of aromatic amines is 1. The third-order valence-electron chi connectivity index (χ3n) is 3.63. The summed E-state index contributed by atoms with van der Waals surface area (Å²) < 4.78 is 5.95. The van der Waals surface area contributed by atoms with Crippen molar-refractivity contribution >= 4 is 17.4 Å². The van der Waals surface area contributed by atoms with Crippen molar-refractivity contribution in [3.05, 3.63) is 75.8 Å². The molecule has 0 aliphatic carbocycles. The monoisotopic (exact) mass is 341 g/mol. The molecular formula is C18H16ClN3O2. The number of nitrogens with one attached hydrogen (secondary N) is 1. The Labute approximate surface area is 144 Å². The van der Waals surface area contributed by atoms with Gasteiger partial charge in [-0.15, -0.1) is 0 Å². The van der Waals surface area contributed by atoms with Crippen LogP contribution in [0, 0.1) is 0 Å². The number of benzene rings is 1. The van der Waals surface area contributed by atoms with Gasteiger partial charge in [0.25, 0.3) is 0 Å². The molecule has 3 rings (SSSR count). The summed E-state index contributed by atoms with van der Waals surface area (Å²) in [6.45, 7) is 1.92. The minimum atomic E-state index is -0.221. The van der Waals surface area contributed by atoms with Crippen molar-refractivity contribution in [2.75, 3.05) is 5.73 Å². The molecule has 1 unspecified atom stereocenters. The van der Waals surface area contributed by atoms with Crippen molar-refractivity contribution in [2.45, 2.75) is 13.0 Å². The van der Waals surface area contributed by atoms with E-state index in [1.54, 1.807) is 24.5 Å². The van der Waals surface area contributed by atoms with E-state index in [-0.39, 0.29) is 11.7 Å². The molecule has 0 aliphatic rings. The Morgan fingerprint density at radius 2 is 1.92 bits per heavy atom. The molecule has 3 aromatic rings. The van der Waals surface area contributed by atoms with Crippen LogP contribution in [-0.4, -0.2) is 9.97 Å². The fourth-order valence-electron chi connectivity index (χ4n) is 2.32. The summed E-state index contributed by atoms with van der Waals surface area (Å²) >= 11 is 5.90. The number of nitrogens with two attached hydrogens (primary N) is 1. The number of nitrogens with zero attached hydrogens (tertiary/aromatic N) is 1. The smallest absolute Gasteiger partial charge is 0.248 e. The molecule has 2 heterocycles. The molecule has 0 aliphatic heterocycles. The zero-order valence-electron chi connectivity index (χ0n) is 13.0. The molecule has 0 spiro atoms. The van der Waals surface area contributed by atoms with Gasteiger partial charge in [-0.25, -0.2) is 4.98 Å². The number of H-pyrrole nitrogens is 1. The molecule has 1 atom stereocenters. The molecule has 0 bridgehead atoms. The number of hydrogen-bond donors (Lipinski definition) is 2. The van der Waals surface area contributed by atoms with Gasteiger partial charge in [-0.05, 0) is 42.3 Å². The number of ether oxygens (including phenoxy) is 1. The molecule has 3 N–H and O–H groups in total. The standard InChI is InChI=1S/C18H16ClN3O2/c1-11(12-2-4-15(19)5-3-12)24-16-8-14(10-22-18(16)20)13-6-7-21-17(23)9-13/h2-11H,1H3,(H2,20,22)(H,21,23). The molecule has 6 heteroatoms. The van der Waals surface area contributed by atoms with Gasteiger partial charge in [0.2, 0.25) is 5.56 Å². The zero-order valence-corrected chi connectivity index (χ0v) is 13.7. The first-order valence-electron chi connectivity index (χ1n) is 7.39. The predicted octanol–water partition coefficient (Wildman–Crippen LogP) is 3.81. The summed E-state index contributed by atoms with van der Waals surface area (Å²) in [7, 11) is 0. The van der Waals surface area contributed by atoms with Crippen LogP contribution in [0.25, 0.3) is 11.1 Å². The Hall–Kier alpha value is -2.79. The highest BCUT2D eigenvalue weighted by Gasteiger charge is 2.12. The number of rotatable bonds is 4. The van der Waals surface area contributed by atoms with E-state index in [1.165, 1.54) is 6.07 Å². The number of pyridine rings is 2. The first-order chi connectivity index (χ1) is 11.5. The summed E-state index contributed by atoms with van der Waals surface area (Å²) in [5.74, 6) is 0.764. The summed E-state index contributed by atoms with van der Waals surface area (Å²) in [5, 5.41) is 0.670. The van der Waals surface area contributed by atoms with Crippen LogP contribution in [-0.2, 0) is 0 Å². The Bertz CT molecular complexity index is 907. The van der Waals surface area contributed by atoms with Gasteiger partial charge in [-0.3, -0.25) is 4.79 Å². The van der Waals surface area contributed by atoms with E-state index in [4.69, 9.17) is 22.1 Å². The van der Waals surface area contributed by atoms with Gasteiger partial charge >= 0.3 is 0 Å². The highest BCUT2D eigenvalue weighted by atomic mass is 35.5. The number of halogens is 1. The van der Waals surface area contributed by atoms with Crippen LogP contribution in [0.1, 0.15) is 18.6 Å². The second-order valence-electron chi connectivity index (χ2n) is 5.36. The van der Waals surface area contributed by atoms with Crippen molar-refractivity contribution in [2.24, 2.45) is 0 Å². The molecule has 0 fully saturated rings. The molecule has 122 valence electrons. The summed E-state index contributed by atoms with van der Waals surface area (Å²) in [6.07, 6.45) is 2.98. The molecule has 2 aromatic heterocycles. The van der Waals surface area contributed by atoms with Crippen LogP contribution in [0.5, 0.6) is 5.75 Å². The fraction of sp³-hybridized carbons (Fsp3) is 0.111. The van der Waals surface area contributed by atoms with Crippen molar-refractivity contribution in [3.8, 4) is 16.9 Å². The Morgan fingerprint density at radius 3 is 2.62 bits per heavy atom. The van der Waals surface area contributed by atoms with E-state index in [2.05, 4.69) is 9.97 Å². The maximum Gasteiger partial charge on any atom is 0.248 e. The molecule has 0 amide bonds. The fourth-order valence-corrected chi connectivity index (χ4v) is 2.45. The predicted molar refractivity (Wildman–Crippen MR) is 95.2 cm³/mol. The first-order valence-corrected chi connectivity index (χ1v) is 7.77. The Morgan fingerprint density at radius 1 is 1.17 bits per heavy atom. The molecule has 24 heavy (non-hydrogen) atoms. The van der Waals surface area contributed by atoms with Gasteiger partial charge in [0.1, 0.15) is 6.10 Å². The summed E-state index contributed by atoms with van der Waals surface area (Å²) in [6, 6.07) is 12.5. The maximum absolute atomic E-state index is 11.5. The number of hydrogen-bond acceptors (Lipinski definition) is 4. The molecular weight excluding hydrogens is 326 g/mol. The SMILES string of the molecule is CC(Oc1cc(-c2cc[nH]c(=O)c2)cnc1N)c1ccc(Cl)cc1. The van der Waals surface area contributed by atoms with Gasteiger partial charge in [0, 0.05) is 29.0 Å². The van der Waals surface area contributed by atoms with Crippen LogP contribution < -0.4 is 16.0 Å². The van der Waals surface area contributed by atoms with Crippen molar-refractivity contribution in [1.82, 2.24) is 9.97 Å². The topological polar surface area (TPSA) is 81.0 Å². The quantitative estimate of drug-likeness (QED) is 0.756. The number of aromatic nitrogens is 2. The largest absolute Gasteiger partial charge is 0.482 e. The second kappa shape index (κ2) is 6.76. The van der Waals surface area contributed by atoms with Gasteiger partial charge in [-0.2, -0.15) is 0 Å². The molecule has 1 aromatic carbocycles. The van der Waals surface area contributed by atoms with E-state index < -0.39 is 0 Å². The first kappa shape index (κ1) is 16.1. The van der Waals surface area contributed by atoms with Crippen LogP contribution >= 0.6 is 11.6 Å². The highest BCUT2D eigenvalue weighted by Crippen LogP contribution is 2.30. The highest BCUT2D eigenvalue weighted by molar-refractivity contribution is 6.30. The Balaban J connectivity index is 1.89. The van der Waals surface area contributed by atoms with Gasteiger partial charge in [0.05, 0.1) is 0 Å². The molecule has 0 saturated heterocycles. The van der Waals surface area contributed by atoms with Gasteiger partial charge in [0.15, 0.2) is 11.6 Å². The third kappa shape index (κ3) is 3.58. The third-order valence-corrected chi connectivity index (χ3v) is 3.89. The van der Waals surface area contributed by atoms with Crippen LogP contribution in [0.15, 0.2) is 59.7 Å². The van der Waals surface area contributed by atoms with E-state index in [0.717, 1.165) is 16.7 Å². The zero-order chi connectivity index (χ0) is 17.1. The summed E-state index contributed by atoms with van der Waals surface area (Å²) in [4.78, 5) is 18.2. The van der Waals surface area contributed by atoms with Crippen molar-refractivity contribution < 1.29 is 4.74 Å². The second-order valence-corrected chi connectivity index (χ2v) is 5.80. The minimum Gasteiger partial charge on any atom is -0.482 e. The van der Waals surface area contributed by atoms with E-state index in [9.17, 15) is 4.79 Å². The normalized spacial score (nSPS) is 11.9. The average molecular weight is 342 g/mol. The molecule has 5 nitrogen and oxygen atoms in total. The van der Waals surface area contributed by atoms with Crippen LogP contribution in [0.2, 0.25) is 5.02 Å². The lowest BCUT2D eigenvalue weighted by Crippen LogP contribution is -2.06. The van der Waals surface area contributed by atoms with Crippen LogP contribution in [0.3, 0.4) is 0 Å². The van der Waals surface area contributed by atoms with Gasteiger partial charge in [-0.1, -0.05) is 23.7 Å². The lowest BCUT2D eigenvalue weighted by atomic mass is 10.1. The van der Waals surface area contributed by atoms with Crippen molar-refractivity contribution in [1.29, 1.82) is 0 Å². The number of anilines is 1.